The summed E-state index contributed by atoms with van der Waals surface area (Å²) in [7, 11) is 0. The van der Waals surface area contributed by atoms with E-state index in [-0.39, 0.29) is 23.8 Å². The molecule has 0 bridgehead atoms. The zero-order valence-electron chi connectivity index (χ0n) is 14.1. The molecular formula is C20H22ClFN2O. The van der Waals surface area contributed by atoms with E-state index in [2.05, 4.69) is 17.6 Å². The van der Waals surface area contributed by atoms with Crippen molar-refractivity contribution in [2.45, 2.75) is 44.3 Å². The summed E-state index contributed by atoms with van der Waals surface area (Å²) >= 11 is 5.97. The summed E-state index contributed by atoms with van der Waals surface area (Å²) in [5, 5.41) is 7.15. The maximum atomic E-state index is 13.3. The molecule has 2 aromatic carbocycles. The van der Waals surface area contributed by atoms with Crippen molar-refractivity contribution in [3.63, 3.8) is 0 Å². The highest BCUT2D eigenvalue weighted by atomic mass is 35.5. The lowest BCUT2D eigenvalue weighted by atomic mass is 10.00. The third kappa shape index (κ3) is 4.80. The summed E-state index contributed by atoms with van der Waals surface area (Å²) in [6, 6.07) is 13.5. The van der Waals surface area contributed by atoms with Crippen LogP contribution < -0.4 is 10.6 Å². The minimum absolute atomic E-state index is 0.00253. The van der Waals surface area contributed by atoms with Crippen LogP contribution in [0.4, 0.5) is 4.39 Å². The lowest BCUT2D eigenvalue weighted by molar-refractivity contribution is -0.123. The molecule has 1 saturated carbocycles. The van der Waals surface area contributed by atoms with E-state index in [0.717, 1.165) is 30.4 Å². The van der Waals surface area contributed by atoms with Gasteiger partial charge < -0.3 is 5.32 Å². The Morgan fingerprint density at radius 2 is 1.72 bits per heavy atom. The molecule has 0 saturated heterocycles. The van der Waals surface area contributed by atoms with Gasteiger partial charge in [0.1, 0.15) is 11.9 Å². The minimum Gasteiger partial charge on any atom is -0.352 e. The molecule has 3 rings (SSSR count). The number of nitrogens with one attached hydrogen (secondary N) is 2. The minimum atomic E-state index is -0.526. The molecule has 2 atom stereocenters. The lowest BCUT2D eigenvalue weighted by Crippen LogP contribution is -2.40. The van der Waals surface area contributed by atoms with Gasteiger partial charge in [-0.25, -0.2) is 4.39 Å². The third-order valence-corrected chi connectivity index (χ3v) is 4.69. The molecule has 2 N–H and O–H groups in total. The number of carbonyl (C=O) groups is 1. The van der Waals surface area contributed by atoms with Crippen LogP contribution in [-0.4, -0.2) is 11.9 Å². The number of benzene rings is 2. The molecule has 1 aliphatic carbocycles. The maximum absolute atomic E-state index is 13.3. The number of hydrogen-bond donors (Lipinski definition) is 2. The summed E-state index contributed by atoms with van der Waals surface area (Å²) in [6.45, 7) is 2.06. The average molecular weight is 361 g/mol. The first kappa shape index (κ1) is 17.9. The Labute approximate surface area is 152 Å². The van der Waals surface area contributed by atoms with E-state index in [1.807, 2.05) is 24.3 Å². The Hall–Kier alpha value is -1.91. The normalized spacial score (nSPS) is 16.3. The largest absolute Gasteiger partial charge is 0.352 e. The van der Waals surface area contributed by atoms with Gasteiger partial charge in [0, 0.05) is 17.1 Å². The fourth-order valence-electron chi connectivity index (χ4n) is 2.84. The number of carbonyl (C=O) groups excluding carboxylic acids is 1. The zero-order valence-corrected chi connectivity index (χ0v) is 14.9. The summed E-state index contributed by atoms with van der Waals surface area (Å²) in [5.74, 6) is -0.378. The molecule has 2 unspecified atom stereocenters. The van der Waals surface area contributed by atoms with Gasteiger partial charge in [-0.2, -0.15) is 0 Å². The molecule has 132 valence electrons. The molecular weight excluding hydrogens is 339 g/mol. The Morgan fingerprint density at radius 1 is 1.12 bits per heavy atom. The Morgan fingerprint density at radius 3 is 2.28 bits per heavy atom. The highest BCUT2D eigenvalue weighted by molar-refractivity contribution is 6.30. The van der Waals surface area contributed by atoms with Crippen LogP contribution in [0.3, 0.4) is 0 Å². The summed E-state index contributed by atoms with van der Waals surface area (Å²) in [5.41, 5.74) is 1.82. The Balaban J connectivity index is 1.82. The van der Waals surface area contributed by atoms with Gasteiger partial charge in [-0.3, -0.25) is 10.1 Å². The topological polar surface area (TPSA) is 41.1 Å². The lowest BCUT2D eigenvalue weighted by Gasteiger charge is -2.25. The van der Waals surface area contributed by atoms with Crippen LogP contribution >= 0.6 is 11.6 Å². The molecule has 0 aliphatic heterocycles. The van der Waals surface area contributed by atoms with E-state index < -0.39 is 6.04 Å². The number of hydrogen-bond acceptors (Lipinski definition) is 2. The maximum Gasteiger partial charge on any atom is 0.241 e. The van der Waals surface area contributed by atoms with E-state index in [9.17, 15) is 9.18 Å². The SMILES string of the molecule is CCC(NC(C(=O)NC1CC1)c1ccc(F)cc1)c1ccc(Cl)cc1. The molecule has 1 fully saturated rings. The summed E-state index contributed by atoms with van der Waals surface area (Å²) < 4.78 is 13.3. The number of amides is 1. The van der Waals surface area contributed by atoms with Gasteiger partial charge in [-0.1, -0.05) is 42.8 Å². The van der Waals surface area contributed by atoms with Gasteiger partial charge in [0.05, 0.1) is 0 Å². The van der Waals surface area contributed by atoms with E-state index in [1.165, 1.54) is 12.1 Å². The molecule has 2 aromatic rings. The smallest absolute Gasteiger partial charge is 0.241 e. The van der Waals surface area contributed by atoms with Crippen LogP contribution in [-0.2, 0) is 4.79 Å². The van der Waals surface area contributed by atoms with Gasteiger partial charge >= 0.3 is 0 Å². The van der Waals surface area contributed by atoms with E-state index >= 15 is 0 Å². The Kier molecular flexibility index (Phi) is 5.71. The monoisotopic (exact) mass is 360 g/mol. The molecule has 0 heterocycles. The van der Waals surface area contributed by atoms with Crippen molar-refractivity contribution in [2.75, 3.05) is 0 Å². The molecule has 0 radical (unpaired) electrons. The van der Waals surface area contributed by atoms with Crippen LogP contribution in [0.2, 0.25) is 5.02 Å². The van der Waals surface area contributed by atoms with E-state index in [1.54, 1.807) is 12.1 Å². The van der Waals surface area contributed by atoms with Crippen molar-refractivity contribution < 1.29 is 9.18 Å². The first-order chi connectivity index (χ1) is 12.1. The van der Waals surface area contributed by atoms with Gasteiger partial charge in [0.15, 0.2) is 0 Å². The quantitative estimate of drug-likeness (QED) is 0.761. The molecule has 0 aromatic heterocycles. The van der Waals surface area contributed by atoms with Gasteiger partial charge in [0.25, 0.3) is 0 Å². The van der Waals surface area contributed by atoms with Crippen LogP contribution in [0.15, 0.2) is 48.5 Å². The van der Waals surface area contributed by atoms with Gasteiger partial charge in [-0.15, -0.1) is 0 Å². The molecule has 0 spiro atoms. The van der Waals surface area contributed by atoms with Crippen LogP contribution in [0.5, 0.6) is 0 Å². The number of halogens is 2. The molecule has 25 heavy (non-hydrogen) atoms. The summed E-state index contributed by atoms with van der Waals surface area (Å²) in [4.78, 5) is 12.7. The van der Waals surface area contributed by atoms with E-state index in [0.29, 0.717) is 5.02 Å². The van der Waals surface area contributed by atoms with Crippen molar-refractivity contribution in [1.29, 1.82) is 0 Å². The molecule has 5 heteroatoms. The highest BCUT2D eigenvalue weighted by Crippen LogP contribution is 2.26. The average Bonchev–Trinajstić information content (AvgIpc) is 3.42. The van der Waals surface area contributed by atoms with Crippen LogP contribution in [0, 0.1) is 5.82 Å². The van der Waals surface area contributed by atoms with Crippen molar-refractivity contribution >= 4 is 17.5 Å². The fourth-order valence-corrected chi connectivity index (χ4v) is 2.96. The highest BCUT2D eigenvalue weighted by Gasteiger charge is 2.29. The van der Waals surface area contributed by atoms with Crippen molar-refractivity contribution in [3.8, 4) is 0 Å². The van der Waals surface area contributed by atoms with Gasteiger partial charge in [0.2, 0.25) is 5.91 Å². The van der Waals surface area contributed by atoms with E-state index in [4.69, 9.17) is 11.6 Å². The predicted molar refractivity (Wildman–Crippen MR) is 97.9 cm³/mol. The second-order valence-electron chi connectivity index (χ2n) is 6.45. The van der Waals surface area contributed by atoms with Gasteiger partial charge in [-0.05, 0) is 54.7 Å². The third-order valence-electron chi connectivity index (χ3n) is 4.44. The van der Waals surface area contributed by atoms with Crippen molar-refractivity contribution in [1.82, 2.24) is 10.6 Å². The second kappa shape index (κ2) is 7.98. The summed E-state index contributed by atoms with van der Waals surface area (Å²) in [6.07, 6.45) is 2.86. The molecule has 1 amide bonds. The fraction of sp³-hybridized carbons (Fsp3) is 0.350. The standard InChI is InChI=1S/C20H22ClFN2O/c1-2-18(13-3-7-15(21)8-4-13)24-19(20(25)23-17-11-12-17)14-5-9-16(22)10-6-14/h3-10,17-19,24H,2,11-12H2,1H3,(H,23,25). The molecule has 1 aliphatic rings. The first-order valence-electron chi connectivity index (χ1n) is 8.64. The van der Waals surface area contributed by atoms with Crippen LogP contribution in [0.25, 0.3) is 0 Å². The Bertz CT molecular complexity index is 713. The second-order valence-corrected chi connectivity index (χ2v) is 6.88. The predicted octanol–water partition coefficient (Wildman–Crippen LogP) is 4.54. The van der Waals surface area contributed by atoms with Crippen molar-refractivity contribution in [2.24, 2.45) is 0 Å². The zero-order chi connectivity index (χ0) is 17.8. The van der Waals surface area contributed by atoms with Crippen LogP contribution in [0.1, 0.15) is 49.4 Å². The number of rotatable bonds is 7. The first-order valence-corrected chi connectivity index (χ1v) is 9.02. The molecule has 3 nitrogen and oxygen atoms in total. The van der Waals surface area contributed by atoms with Crippen molar-refractivity contribution in [3.05, 3.63) is 70.5 Å².